The van der Waals surface area contributed by atoms with Crippen LogP contribution in [0.4, 0.5) is 0 Å². The van der Waals surface area contributed by atoms with Gasteiger partial charge in [-0.05, 0) is 12.0 Å². The molecule has 2 heteroatoms. The number of hydrogen-bond acceptors (Lipinski definition) is 1. The molecule has 1 aromatic carbocycles. The first-order valence-corrected chi connectivity index (χ1v) is 5.76. The number of halogens is 1. The van der Waals surface area contributed by atoms with E-state index in [1.54, 1.807) is 0 Å². The second kappa shape index (κ2) is 4.25. The van der Waals surface area contributed by atoms with Gasteiger partial charge < -0.3 is 4.74 Å². The smallest absolute Gasteiger partial charge is 0.0741 e. The number of alkyl halides is 1. The minimum atomic E-state index is 0.363. The van der Waals surface area contributed by atoms with Gasteiger partial charge >= 0.3 is 0 Å². The molecule has 0 radical (unpaired) electrons. The minimum absolute atomic E-state index is 0.363. The molecule has 0 spiro atoms. The Kier molecular flexibility index (Phi) is 3.01. The number of rotatable bonds is 2. The molecule has 1 aliphatic heterocycles. The highest BCUT2D eigenvalue weighted by atomic mass is 79.9. The van der Waals surface area contributed by atoms with Crippen molar-refractivity contribution in [3.05, 3.63) is 35.9 Å². The quantitative estimate of drug-likeness (QED) is 0.723. The summed E-state index contributed by atoms with van der Waals surface area (Å²) < 4.78 is 5.62. The van der Waals surface area contributed by atoms with Crippen molar-refractivity contribution in [1.82, 2.24) is 0 Å². The van der Waals surface area contributed by atoms with Gasteiger partial charge in [0.15, 0.2) is 0 Å². The lowest BCUT2D eigenvalue weighted by molar-refractivity contribution is 0.123. The van der Waals surface area contributed by atoms with Crippen LogP contribution in [0.15, 0.2) is 30.3 Å². The van der Waals surface area contributed by atoms with Crippen LogP contribution in [0.25, 0.3) is 0 Å². The zero-order valence-electron chi connectivity index (χ0n) is 7.45. The van der Waals surface area contributed by atoms with Crippen molar-refractivity contribution in [1.29, 1.82) is 0 Å². The lowest BCUT2D eigenvalue weighted by Gasteiger charge is -2.15. The van der Waals surface area contributed by atoms with Crippen molar-refractivity contribution in [2.24, 2.45) is 0 Å². The molecule has 1 heterocycles. The maximum atomic E-state index is 5.62. The molecule has 2 rings (SSSR count). The summed E-state index contributed by atoms with van der Waals surface area (Å²) in [5, 5.41) is 0.937. The highest BCUT2D eigenvalue weighted by molar-refractivity contribution is 9.09. The molecule has 0 N–H and O–H groups in total. The summed E-state index contributed by atoms with van der Waals surface area (Å²) in [5.41, 5.74) is 1.41. The molecular weight excluding hydrogens is 228 g/mol. The van der Waals surface area contributed by atoms with Crippen LogP contribution in [0.3, 0.4) is 0 Å². The van der Waals surface area contributed by atoms with E-state index in [4.69, 9.17) is 4.74 Å². The Morgan fingerprint density at radius 3 is 2.77 bits per heavy atom. The van der Waals surface area contributed by atoms with Crippen LogP contribution in [-0.4, -0.2) is 18.0 Å². The molecule has 2 atom stereocenters. The van der Waals surface area contributed by atoms with E-state index in [1.165, 1.54) is 5.56 Å². The zero-order valence-corrected chi connectivity index (χ0v) is 9.03. The van der Waals surface area contributed by atoms with Crippen LogP contribution in [0.1, 0.15) is 17.9 Å². The van der Waals surface area contributed by atoms with E-state index in [0.717, 1.165) is 18.4 Å². The third-order valence-corrected chi connectivity index (χ3v) is 3.23. The van der Waals surface area contributed by atoms with Gasteiger partial charge in [-0.2, -0.15) is 0 Å². The number of ether oxygens (including phenoxy) is 1. The maximum absolute atomic E-state index is 5.62. The summed E-state index contributed by atoms with van der Waals surface area (Å²) in [6, 6.07) is 10.6. The number of benzene rings is 1. The van der Waals surface area contributed by atoms with Crippen LogP contribution in [-0.2, 0) is 4.74 Å². The Balaban J connectivity index is 2.16. The summed E-state index contributed by atoms with van der Waals surface area (Å²) in [7, 11) is 0. The Labute approximate surface area is 87.2 Å². The highest BCUT2D eigenvalue weighted by Crippen LogP contribution is 2.31. The van der Waals surface area contributed by atoms with Gasteiger partial charge in [-0.3, -0.25) is 0 Å². The Hall–Kier alpha value is -0.340. The molecule has 0 saturated carbocycles. The largest absolute Gasteiger partial charge is 0.377 e. The van der Waals surface area contributed by atoms with Gasteiger partial charge in [-0.15, -0.1) is 0 Å². The van der Waals surface area contributed by atoms with Crippen molar-refractivity contribution in [3.63, 3.8) is 0 Å². The molecule has 1 nitrogen and oxygen atoms in total. The van der Waals surface area contributed by atoms with Crippen LogP contribution in [0.2, 0.25) is 0 Å². The predicted octanol–water partition coefficient (Wildman–Crippen LogP) is 2.95. The van der Waals surface area contributed by atoms with E-state index < -0.39 is 0 Å². The fourth-order valence-electron chi connectivity index (χ4n) is 1.88. The van der Waals surface area contributed by atoms with Crippen LogP contribution >= 0.6 is 15.9 Å². The molecular formula is C11H13BrO. The summed E-state index contributed by atoms with van der Waals surface area (Å²) in [6.45, 7) is 0.899. The fourth-order valence-corrected chi connectivity index (χ4v) is 2.52. The van der Waals surface area contributed by atoms with Crippen molar-refractivity contribution < 1.29 is 4.74 Å². The van der Waals surface area contributed by atoms with E-state index >= 15 is 0 Å². The third-order valence-electron chi connectivity index (χ3n) is 2.59. The Bertz CT molecular complexity index is 260. The molecule has 0 amide bonds. The van der Waals surface area contributed by atoms with Gasteiger partial charge in [0.25, 0.3) is 0 Å². The minimum Gasteiger partial charge on any atom is -0.377 e. The van der Waals surface area contributed by atoms with Gasteiger partial charge in [0.1, 0.15) is 0 Å². The van der Waals surface area contributed by atoms with Crippen LogP contribution < -0.4 is 0 Å². The molecule has 0 aliphatic carbocycles. The summed E-state index contributed by atoms with van der Waals surface area (Å²) >= 11 is 3.49. The summed E-state index contributed by atoms with van der Waals surface area (Å²) in [5.74, 6) is 0.584. The topological polar surface area (TPSA) is 9.23 Å². The SMILES string of the molecule is BrC[C@@H]1OCC[C@H]1c1ccccc1. The zero-order chi connectivity index (χ0) is 9.10. The van der Waals surface area contributed by atoms with Crippen molar-refractivity contribution in [2.45, 2.75) is 18.4 Å². The molecule has 0 bridgehead atoms. The molecule has 13 heavy (non-hydrogen) atoms. The van der Waals surface area contributed by atoms with Crippen molar-refractivity contribution >= 4 is 15.9 Å². The van der Waals surface area contributed by atoms with Gasteiger partial charge in [-0.25, -0.2) is 0 Å². The lowest BCUT2D eigenvalue weighted by Crippen LogP contribution is -2.15. The predicted molar refractivity (Wildman–Crippen MR) is 57.3 cm³/mol. The van der Waals surface area contributed by atoms with Crippen LogP contribution in [0.5, 0.6) is 0 Å². The Morgan fingerprint density at radius 2 is 2.08 bits per heavy atom. The second-order valence-electron chi connectivity index (χ2n) is 3.37. The van der Waals surface area contributed by atoms with Gasteiger partial charge in [0, 0.05) is 17.9 Å². The molecule has 70 valence electrons. The average molecular weight is 241 g/mol. The summed E-state index contributed by atoms with van der Waals surface area (Å²) in [4.78, 5) is 0. The van der Waals surface area contributed by atoms with Crippen molar-refractivity contribution in [3.8, 4) is 0 Å². The molecule has 1 aromatic rings. The first-order chi connectivity index (χ1) is 6.42. The highest BCUT2D eigenvalue weighted by Gasteiger charge is 2.28. The van der Waals surface area contributed by atoms with Crippen LogP contribution in [0, 0.1) is 0 Å². The average Bonchev–Trinajstić information content (AvgIpc) is 2.67. The van der Waals surface area contributed by atoms with E-state index in [-0.39, 0.29) is 0 Å². The first-order valence-electron chi connectivity index (χ1n) is 4.64. The van der Waals surface area contributed by atoms with Gasteiger partial charge in [-0.1, -0.05) is 46.3 Å². The second-order valence-corrected chi connectivity index (χ2v) is 4.02. The first kappa shape index (κ1) is 9.22. The van der Waals surface area contributed by atoms with E-state index in [2.05, 4.69) is 46.3 Å². The molecule has 0 unspecified atom stereocenters. The number of hydrogen-bond donors (Lipinski definition) is 0. The summed E-state index contributed by atoms with van der Waals surface area (Å²) in [6.07, 6.45) is 1.52. The fraction of sp³-hybridized carbons (Fsp3) is 0.455. The third kappa shape index (κ3) is 1.94. The van der Waals surface area contributed by atoms with Crippen molar-refractivity contribution in [2.75, 3.05) is 11.9 Å². The van der Waals surface area contributed by atoms with Gasteiger partial charge in [0.05, 0.1) is 6.10 Å². The Morgan fingerprint density at radius 1 is 1.31 bits per heavy atom. The molecule has 1 fully saturated rings. The normalized spacial score (nSPS) is 27.8. The molecule has 1 aliphatic rings. The molecule has 1 saturated heterocycles. The monoisotopic (exact) mass is 240 g/mol. The van der Waals surface area contributed by atoms with Gasteiger partial charge in [0.2, 0.25) is 0 Å². The lowest BCUT2D eigenvalue weighted by atomic mass is 9.94. The maximum Gasteiger partial charge on any atom is 0.0741 e. The molecule has 0 aromatic heterocycles. The standard InChI is InChI=1S/C11H13BrO/c12-8-11-10(6-7-13-11)9-4-2-1-3-5-9/h1-5,10-11H,6-8H2/t10-,11-/m0/s1. The van der Waals surface area contributed by atoms with E-state index in [1.807, 2.05) is 0 Å². The van der Waals surface area contributed by atoms with E-state index in [0.29, 0.717) is 12.0 Å². The van der Waals surface area contributed by atoms with E-state index in [9.17, 15) is 0 Å².